The van der Waals surface area contributed by atoms with Crippen LogP contribution in [0.5, 0.6) is 11.5 Å². The summed E-state index contributed by atoms with van der Waals surface area (Å²) in [5.41, 5.74) is 2.22. The van der Waals surface area contributed by atoms with Gasteiger partial charge in [-0.1, -0.05) is 36.4 Å². The van der Waals surface area contributed by atoms with Crippen LogP contribution in [0.3, 0.4) is 0 Å². The molecule has 3 nitrogen and oxygen atoms in total. The number of aryl methyl sites for hydroxylation is 1. The van der Waals surface area contributed by atoms with Gasteiger partial charge in [-0.2, -0.15) is 5.26 Å². The van der Waals surface area contributed by atoms with Gasteiger partial charge in [0.2, 0.25) is 0 Å². The van der Waals surface area contributed by atoms with Crippen molar-refractivity contribution in [2.45, 2.75) is 26.2 Å². The van der Waals surface area contributed by atoms with E-state index in [0.717, 1.165) is 22.6 Å². The molecule has 0 heterocycles. The maximum Gasteiger partial charge on any atom is 0.161 e. The van der Waals surface area contributed by atoms with E-state index in [1.165, 1.54) is 0 Å². The molecule has 0 bridgehead atoms. The van der Waals surface area contributed by atoms with Gasteiger partial charge in [-0.15, -0.1) is 0 Å². The lowest BCUT2D eigenvalue weighted by molar-refractivity contribution is 0.271. The zero-order valence-electron chi connectivity index (χ0n) is 13.1. The Morgan fingerprint density at radius 1 is 1.00 bits per heavy atom. The fourth-order valence-corrected chi connectivity index (χ4v) is 2.40. The Balaban J connectivity index is 1.98. The minimum absolute atomic E-state index is 0.152. The molecule has 0 N–H and O–H groups in total. The molecule has 0 aliphatic heterocycles. The first kappa shape index (κ1) is 15.9. The van der Waals surface area contributed by atoms with Gasteiger partial charge in [-0.3, -0.25) is 0 Å². The molecular weight excluding hydrogens is 274 g/mol. The number of para-hydroxylation sites is 2. The predicted octanol–water partition coefficient (Wildman–Crippen LogP) is 4.47. The molecule has 2 rings (SSSR count). The van der Waals surface area contributed by atoms with Crippen molar-refractivity contribution in [1.29, 1.82) is 5.26 Å². The van der Waals surface area contributed by atoms with Gasteiger partial charge in [0.25, 0.3) is 0 Å². The van der Waals surface area contributed by atoms with E-state index in [1.54, 1.807) is 0 Å². The standard InChI is InChI=1S/C19H21NO2/c1-3-21-18-10-6-7-11-19(18)22-13-12-16(14-20)17-9-5-4-8-15(17)2/h4-11,16H,3,12-13H2,1-2H3. The lowest BCUT2D eigenvalue weighted by Crippen LogP contribution is -2.06. The highest BCUT2D eigenvalue weighted by atomic mass is 16.5. The summed E-state index contributed by atoms with van der Waals surface area (Å²) < 4.78 is 11.3. The van der Waals surface area contributed by atoms with E-state index < -0.39 is 0 Å². The molecule has 2 aromatic rings. The van der Waals surface area contributed by atoms with E-state index in [0.29, 0.717) is 19.6 Å². The molecule has 22 heavy (non-hydrogen) atoms. The van der Waals surface area contributed by atoms with E-state index in [9.17, 15) is 5.26 Å². The number of nitrogens with zero attached hydrogens (tertiary/aromatic N) is 1. The zero-order valence-corrected chi connectivity index (χ0v) is 13.1. The van der Waals surface area contributed by atoms with Crippen molar-refractivity contribution in [1.82, 2.24) is 0 Å². The predicted molar refractivity (Wildman–Crippen MR) is 87.3 cm³/mol. The third-order valence-corrected chi connectivity index (χ3v) is 3.53. The molecule has 0 aliphatic carbocycles. The van der Waals surface area contributed by atoms with Gasteiger partial charge in [0.05, 0.1) is 25.2 Å². The van der Waals surface area contributed by atoms with Crippen LogP contribution in [0.4, 0.5) is 0 Å². The highest BCUT2D eigenvalue weighted by Crippen LogP contribution is 2.28. The lowest BCUT2D eigenvalue weighted by Gasteiger charge is -2.14. The molecule has 3 heteroatoms. The Labute approximate surface area is 132 Å². The van der Waals surface area contributed by atoms with Gasteiger partial charge in [0.1, 0.15) is 0 Å². The van der Waals surface area contributed by atoms with Crippen LogP contribution >= 0.6 is 0 Å². The Morgan fingerprint density at radius 3 is 2.27 bits per heavy atom. The molecule has 114 valence electrons. The summed E-state index contributed by atoms with van der Waals surface area (Å²) in [6, 6.07) is 18.0. The summed E-state index contributed by atoms with van der Waals surface area (Å²) >= 11 is 0. The number of hydrogen-bond donors (Lipinski definition) is 0. The summed E-state index contributed by atoms with van der Waals surface area (Å²) in [4.78, 5) is 0. The molecule has 1 atom stereocenters. The smallest absolute Gasteiger partial charge is 0.161 e. The molecular formula is C19H21NO2. The quantitative estimate of drug-likeness (QED) is 0.757. The Hall–Kier alpha value is -2.47. The van der Waals surface area contributed by atoms with Crippen LogP contribution in [0.25, 0.3) is 0 Å². The molecule has 0 saturated heterocycles. The first-order valence-corrected chi connectivity index (χ1v) is 7.56. The van der Waals surface area contributed by atoms with Gasteiger partial charge in [0.15, 0.2) is 11.5 Å². The van der Waals surface area contributed by atoms with Crippen molar-refractivity contribution in [3.05, 3.63) is 59.7 Å². The number of nitriles is 1. The third kappa shape index (κ3) is 4.02. The van der Waals surface area contributed by atoms with Crippen molar-refractivity contribution in [3.8, 4) is 17.6 Å². The first-order valence-electron chi connectivity index (χ1n) is 7.56. The second-order valence-corrected chi connectivity index (χ2v) is 5.06. The third-order valence-electron chi connectivity index (χ3n) is 3.53. The van der Waals surface area contributed by atoms with Crippen LogP contribution in [-0.4, -0.2) is 13.2 Å². The average molecular weight is 295 g/mol. The Bertz CT molecular complexity index is 646. The summed E-state index contributed by atoms with van der Waals surface area (Å²) in [7, 11) is 0. The molecule has 0 aliphatic rings. The number of ether oxygens (including phenoxy) is 2. The van der Waals surface area contributed by atoms with Crippen molar-refractivity contribution in [2.24, 2.45) is 0 Å². The zero-order chi connectivity index (χ0) is 15.8. The van der Waals surface area contributed by atoms with Crippen molar-refractivity contribution in [3.63, 3.8) is 0 Å². The topological polar surface area (TPSA) is 42.2 Å². The number of benzene rings is 2. The molecule has 0 spiro atoms. The Morgan fingerprint density at radius 2 is 1.64 bits per heavy atom. The maximum atomic E-state index is 9.41. The molecule has 0 saturated carbocycles. The number of rotatable bonds is 7. The second kappa shape index (κ2) is 8.09. The van der Waals surface area contributed by atoms with Crippen molar-refractivity contribution < 1.29 is 9.47 Å². The summed E-state index contributed by atoms with van der Waals surface area (Å²) in [5.74, 6) is 1.32. The van der Waals surface area contributed by atoms with Gasteiger partial charge in [-0.25, -0.2) is 0 Å². The fraction of sp³-hybridized carbons (Fsp3) is 0.316. The Kier molecular flexibility index (Phi) is 5.85. The summed E-state index contributed by atoms with van der Waals surface area (Å²) in [5, 5.41) is 9.41. The van der Waals surface area contributed by atoms with Crippen molar-refractivity contribution >= 4 is 0 Å². The minimum atomic E-state index is -0.152. The summed E-state index contributed by atoms with van der Waals surface area (Å²) in [6.45, 7) is 5.06. The van der Waals surface area contributed by atoms with Crippen LogP contribution in [0.2, 0.25) is 0 Å². The van der Waals surface area contributed by atoms with Gasteiger partial charge in [-0.05, 0) is 37.1 Å². The van der Waals surface area contributed by atoms with E-state index in [2.05, 4.69) is 6.07 Å². The highest BCUT2D eigenvalue weighted by molar-refractivity contribution is 5.39. The van der Waals surface area contributed by atoms with Crippen LogP contribution in [-0.2, 0) is 0 Å². The fourth-order valence-electron chi connectivity index (χ4n) is 2.40. The molecule has 2 aromatic carbocycles. The van der Waals surface area contributed by atoms with E-state index >= 15 is 0 Å². The summed E-state index contributed by atoms with van der Waals surface area (Å²) in [6.07, 6.45) is 0.655. The van der Waals surface area contributed by atoms with Crippen LogP contribution in [0, 0.1) is 18.3 Å². The second-order valence-electron chi connectivity index (χ2n) is 5.06. The highest BCUT2D eigenvalue weighted by Gasteiger charge is 2.13. The van der Waals surface area contributed by atoms with E-state index in [4.69, 9.17) is 9.47 Å². The number of hydrogen-bond acceptors (Lipinski definition) is 3. The van der Waals surface area contributed by atoms with Gasteiger partial charge in [0, 0.05) is 6.42 Å². The van der Waals surface area contributed by atoms with E-state index in [-0.39, 0.29) is 5.92 Å². The normalized spacial score (nSPS) is 11.5. The lowest BCUT2D eigenvalue weighted by atomic mass is 9.94. The SMILES string of the molecule is CCOc1ccccc1OCCC(C#N)c1ccccc1C. The first-order chi connectivity index (χ1) is 10.8. The molecule has 0 aromatic heterocycles. The average Bonchev–Trinajstić information content (AvgIpc) is 2.54. The minimum Gasteiger partial charge on any atom is -0.490 e. The van der Waals surface area contributed by atoms with Gasteiger partial charge < -0.3 is 9.47 Å². The molecule has 1 unspecified atom stereocenters. The van der Waals surface area contributed by atoms with Crippen LogP contribution < -0.4 is 9.47 Å². The van der Waals surface area contributed by atoms with Gasteiger partial charge >= 0.3 is 0 Å². The maximum absolute atomic E-state index is 9.41. The molecule has 0 amide bonds. The van der Waals surface area contributed by atoms with Crippen molar-refractivity contribution in [2.75, 3.05) is 13.2 Å². The van der Waals surface area contributed by atoms with Crippen LogP contribution in [0.15, 0.2) is 48.5 Å². The molecule has 0 fully saturated rings. The van der Waals surface area contributed by atoms with Crippen LogP contribution in [0.1, 0.15) is 30.4 Å². The largest absolute Gasteiger partial charge is 0.490 e. The van der Waals surface area contributed by atoms with E-state index in [1.807, 2.05) is 62.4 Å². The molecule has 0 radical (unpaired) electrons. The monoisotopic (exact) mass is 295 g/mol.